The van der Waals surface area contributed by atoms with Gasteiger partial charge in [-0.25, -0.2) is 0 Å². The number of benzene rings is 2. The van der Waals surface area contributed by atoms with E-state index in [9.17, 15) is 10.1 Å². The molecular formula is C13H12N2O3. The summed E-state index contributed by atoms with van der Waals surface area (Å²) in [5.41, 5.74) is 6.54. The molecule has 0 aliphatic heterocycles. The predicted octanol–water partition coefficient (Wildman–Crippen LogP) is 2.85. The smallest absolute Gasteiger partial charge is 0.269 e. The normalized spacial score (nSPS) is 10.1. The second-order valence-corrected chi connectivity index (χ2v) is 3.70. The fraction of sp³-hybridized carbons (Fsp3) is 0.0769. The van der Waals surface area contributed by atoms with Gasteiger partial charge in [-0.3, -0.25) is 10.1 Å². The largest absolute Gasteiger partial charge is 0.457 e. The molecule has 0 fully saturated rings. The zero-order valence-electron chi connectivity index (χ0n) is 9.58. The third-order valence-corrected chi connectivity index (χ3v) is 2.42. The highest BCUT2D eigenvalue weighted by Gasteiger charge is 2.05. The third kappa shape index (κ3) is 2.83. The molecule has 0 unspecified atom stereocenters. The number of non-ortho nitro benzene ring substituents is 1. The fourth-order valence-corrected chi connectivity index (χ4v) is 1.51. The maximum atomic E-state index is 10.5. The van der Waals surface area contributed by atoms with Crippen LogP contribution in [0.2, 0.25) is 0 Å². The molecular weight excluding hydrogens is 232 g/mol. The highest BCUT2D eigenvalue weighted by molar-refractivity contribution is 5.39. The Morgan fingerprint density at radius 3 is 2.44 bits per heavy atom. The Morgan fingerprint density at radius 1 is 1.11 bits per heavy atom. The number of nitro benzene ring substituents is 1. The van der Waals surface area contributed by atoms with Crippen LogP contribution in [0.4, 0.5) is 5.69 Å². The van der Waals surface area contributed by atoms with Crippen LogP contribution in [0.3, 0.4) is 0 Å². The molecule has 0 heterocycles. The lowest BCUT2D eigenvalue weighted by atomic mass is 10.2. The van der Waals surface area contributed by atoms with Gasteiger partial charge in [0.25, 0.3) is 5.69 Å². The summed E-state index contributed by atoms with van der Waals surface area (Å²) in [6, 6.07) is 13.3. The Hall–Kier alpha value is -2.40. The number of nitro groups is 1. The van der Waals surface area contributed by atoms with Crippen molar-refractivity contribution in [2.24, 2.45) is 5.73 Å². The van der Waals surface area contributed by atoms with Gasteiger partial charge in [0.1, 0.15) is 11.5 Å². The van der Waals surface area contributed by atoms with Gasteiger partial charge in [-0.2, -0.15) is 0 Å². The minimum absolute atomic E-state index is 0.0399. The van der Waals surface area contributed by atoms with Crippen LogP contribution in [0.1, 0.15) is 5.56 Å². The molecule has 0 atom stereocenters. The average molecular weight is 244 g/mol. The van der Waals surface area contributed by atoms with Gasteiger partial charge in [0.05, 0.1) is 4.92 Å². The second-order valence-electron chi connectivity index (χ2n) is 3.70. The summed E-state index contributed by atoms with van der Waals surface area (Å²) in [6.07, 6.45) is 0. The van der Waals surface area contributed by atoms with Gasteiger partial charge in [-0.1, -0.05) is 12.1 Å². The van der Waals surface area contributed by atoms with E-state index < -0.39 is 4.92 Å². The minimum atomic E-state index is -0.446. The summed E-state index contributed by atoms with van der Waals surface area (Å²) in [6.45, 7) is 0.442. The summed E-state index contributed by atoms with van der Waals surface area (Å²) in [5.74, 6) is 1.21. The van der Waals surface area contributed by atoms with Gasteiger partial charge in [-0.15, -0.1) is 0 Å². The van der Waals surface area contributed by atoms with Gasteiger partial charge in [0.2, 0.25) is 0 Å². The van der Waals surface area contributed by atoms with E-state index in [1.165, 1.54) is 12.1 Å². The first-order chi connectivity index (χ1) is 8.69. The maximum absolute atomic E-state index is 10.5. The van der Waals surface area contributed by atoms with E-state index in [0.29, 0.717) is 18.0 Å². The molecule has 0 saturated heterocycles. The van der Waals surface area contributed by atoms with E-state index in [2.05, 4.69) is 0 Å². The third-order valence-electron chi connectivity index (χ3n) is 2.42. The highest BCUT2D eigenvalue weighted by Crippen LogP contribution is 2.24. The number of nitrogens with zero attached hydrogens (tertiary/aromatic N) is 1. The highest BCUT2D eigenvalue weighted by atomic mass is 16.6. The minimum Gasteiger partial charge on any atom is -0.457 e. The summed E-state index contributed by atoms with van der Waals surface area (Å²) >= 11 is 0. The van der Waals surface area contributed by atoms with Crippen molar-refractivity contribution in [3.8, 4) is 11.5 Å². The molecule has 2 aromatic carbocycles. The molecule has 0 aliphatic carbocycles. The molecule has 18 heavy (non-hydrogen) atoms. The van der Waals surface area contributed by atoms with Crippen LogP contribution in [0.5, 0.6) is 11.5 Å². The Morgan fingerprint density at radius 2 is 1.83 bits per heavy atom. The SMILES string of the molecule is NCc1cccc(Oc2ccc([N+](=O)[O-])cc2)c1. The second kappa shape index (κ2) is 5.29. The quantitative estimate of drug-likeness (QED) is 0.662. The molecule has 0 spiro atoms. The van der Waals surface area contributed by atoms with Gasteiger partial charge < -0.3 is 10.5 Å². The molecule has 2 rings (SSSR count). The van der Waals surface area contributed by atoms with Crippen LogP contribution in [0.25, 0.3) is 0 Å². The Bertz CT molecular complexity index is 552. The van der Waals surface area contributed by atoms with E-state index in [0.717, 1.165) is 5.56 Å². The number of ether oxygens (including phenoxy) is 1. The van der Waals surface area contributed by atoms with Crippen molar-refractivity contribution in [2.45, 2.75) is 6.54 Å². The van der Waals surface area contributed by atoms with Crippen LogP contribution in [-0.2, 0) is 6.54 Å². The lowest BCUT2D eigenvalue weighted by Crippen LogP contribution is -1.96. The molecule has 92 valence electrons. The number of hydrogen-bond acceptors (Lipinski definition) is 4. The van der Waals surface area contributed by atoms with Crippen LogP contribution >= 0.6 is 0 Å². The molecule has 0 radical (unpaired) electrons. The lowest BCUT2D eigenvalue weighted by molar-refractivity contribution is -0.384. The zero-order chi connectivity index (χ0) is 13.0. The molecule has 5 heteroatoms. The Kier molecular flexibility index (Phi) is 3.54. The van der Waals surface area contributed by atoms with Crippen LogP contribution < -0.4 is 10.5 Å². The van der Waals surface area contributed by atoms with Gasteiger partial charge in [0, 0.05) is 18.7 Å². The molecule has 0 saturated carbocycles. The maximum Gasteiger partial charge on any atom is 0.269 e. The number of hydrogen-bond donors (Lipinski definition) is 1. The van der Waals surface area contributed by atoms with Crippen molar-refractivity contribution in [1.82, 2.24) is 0 Å². The van der Waals surface area contributed by atoms with E-state index in [-0.39, 0.29) is 5.69 Å². The fourth-order valence-electron chi connectivity index (χ4n) is 1.51. The van der Waals surface area contributed by atoms with Crippen molar-refractivity contribution < 1.29 is 9.66 Å². The number of nitrogens with two attached hydrogens (primary N) is 1. The first-order valence-electron chi connectivity index (χ1n) is 5.40. The molecule has 2 aromatic rings. The van der Waals surface area contributed by atoms with E-state index >= 15 is 0 Å². The van der Waals surface area contributed by atoms with Crippen molar-refractivity contribution in [1.29, 1.82) is 0 Å². The molecule has 0 aromatic heterocycles. The summed E-state index contributed by atoms with van der Waals surface area (Å²) in [7, 11) is 0. The predicted molar refractivity (Wildman–Crippen MR) is 67.5 cm³/mol. The lowest BCUT2D eigenvalue weighted by Gasteiger charge is -2.06. The molecule has 0 amide bonds. The van der Waals surface area contributed by atoms with Crippen molar-refractivity contribution in [3.63, 3.8) is 0 Å². The van der Waals surface area contributed by atoms with E-state index in [1.807, 2.05) is 18.2 Å². The molecule has 2 N–H and O–H groups in total. The zero-order valence-corrected chi connectivity index (χ0v) is 9.58. The molecule has 5 nitrogen and oxygen atoms in total. The van der Waals surface area contributed by atoms with Crippen LogP contribution in [0, 0.1) is 10.1 Å². The van der Waals surface area contributed by atoms with Gasteiger partial charge in [0.15, 0.2) is 0 Å². The van der Waals surface area contributed by atoms with Crippen molar-refractivity contribution in [3.05, 3.63) is 64.2 Å². The Labute approximate surface area is 104 Å². The summed E-state index contributed by atoms with van der Waals surface area (Å²) < 4.78 is 5.58. The monoisotopic (exact) mass is 244 g/mol. The van der Waals surface area contributed by atoms with Crippen LogP contribution in [-0.4, -0.2) is 4.92 Å². The van der Waals surface area contributed by atoms with Crippen molar-refractivity contribution >= 4 is 5.69 Å². The number of rotatable bonds is 4. The molecule has 0 aliphatic rings. The average Bonchev–Trinajstić information content (AvgIpc) is 2.39. The van der Waals surface area contributed by atoms with Gasteiger partial charge >= 0.3 is 0 Å². The van der Waals surface area contributed by atoms with Crippen LogP contribution in [0.15, 0.2) is 48.5 Å². The first kappa shape index (κ1) is 12.1. The summed E-state index contributed by atoms with van der Waals surface area (Å²) in [5, 5.41) is 10.5. The summed E-state index contributed by atoms with van der Waals surface area (Å²) in [4.78, 5) is 10.1. The van der Waals surface area contributed by atoms with E-state index in [4.69, 9.17) is 10.5 Å². The standard InChI is InChI=1S/C13H12N2O3/c14-9-10-2-1-3-13(8-10)18-12-6-4-11(5-7-12)15(16)17/h1-8H,9,14H2. The van der Waals surface area contributed by atoms with Crippen molar-refractivity contribution in [2.75, 3.05) is 0 Å². The molecule has 0 bridgehead atoms. The Balaban J connectivity index is 2.15. The topological polar surface area (TPSA) is 78.4 Å². The van der Waals surface area contributed by atoms with E-state index in [1.54, 1.807) is 18.2 Å². The van der Waals surface area contributed by atoms with Gasteiger partial charge in [-0.05, 0) is 29.8 Å². The first-order valence-corrected chi connectivity index (χ1v) is 5.40.